The van der Waals surface area contributed by atoms with Gasteiger partial charge in [-0.2, -0.15) is 0 Å². The fraction of sp³-hybridized carbons (Fsp3) is 0.167. The number of thiazole rings is 1. The van der Waals surface area contributed by atoms with Gasteiger partial charge in [-0.15, -0.1) is 0 Å². The van der Waals surface area contributed by atoms with E-state index in [0.717, 1.165) is 28.7 Å². The lowest BCUT2D eigenvalue weighted by molar-refractivity contribution is 0.122. The molecule has 4 N–H and O–H groups in total. The number of carbonyl (C=O) groups is 1. The molecule has 0 radical (unpaired) electrons. The molecule has 2 amide bonds. The van der Waals surface area contributed by atoms with Gasteiger partial charge in [-0.1, -0.05) is 23.5 Å². The molecule has 2 aromatic carbocycles. The van der Waals surface area contributed by atoms with Crippen LogP contribution in [-0.2, 0) is 4.74 Å². The lowest BCUT2D eigenvalue weighted by atomic mass is 10.1. The zero-order valence-corrected chi connectivity index (χ0v) is 19.4. The van der Waals surface area contributed by atoms with Crippen LogP contribution in [0.1, 0.15) is 0 Å². The first kappa shape index (κ1) is 22.7. The number of nitrogen functional groups attached to an aromatic ring is 1. The number of ether oxygens (including phenoxy) is 1. The SMILES string of the molecule is Nc1nccc(-c2nc(N3CCOCC3)sc2-c2cccc(NC(=O)Nc3ccc(F)cc3)c2)n1. The van der Waals surface area contributed by atoms with Crippen LogP contribution in [0.3, 0.4) is 0 Å². The Morgan fingerprint density at radius 2 is 1.80 bits per heavy atom. The van der Waals surface area contributed by atoms with Gasteiger partial charge in [0, 0.05) is 30.7 Å². The van der Waals surface area contributed by atoms with Crippen molar-refractivity contribution in [2.24, 2.45) is 0 Å². The number of nitrogens with zero attached hydrogens (tertiary/aromatic N) is 4. The molecule has 2 aromatic heterocycles. The van der Waals surface area contributed by atoms with Gasteiger partial charge in [-0.25, -0.2) is 24.1 Å². The van der Waals surface area contributed by atoms with Crippen molar-refractivity contribution in [2.45, 2.75) is 0 Å². The number of carbonyl (C=O) groups excluding carboxylic acids is 1. The molecular weight excluding hydrogens is 469 g/mol. The summed E-state index contributed by atoms with van der Waals surface area (Å²) in [6.45, 7) is 2.80. The number of morpholine rings is 1. The second-order valence-corrected chi connectivity index (χ2v) is 8.72. The molecule has 1 aliphatic rings. The zero-order valence-electron chi connectivity index (χ0n) is 18.6. The van der Waals surface area contributed by atoms with Gasteiger partial charge in [0.2, 0.25) is 5.95 Å². The number of nitrogens with one attached hydrogen (secondary N) is 2. The number of nitrogens with two attached hydrogens (primary N) is 1. The van der Waals surface area contributed by atoms with E-state index >= 15 is 0 Å². The van der Waals surface area contributed by atoms with Gasteiger partial charge in [0.05, 0.1) is 23.8 Å². The maximum atomic E-state index is 13.1. The maximum absolute atomic E-state index is 13.1. The molecule has 0 bridgehead atoms. The molecule has 0 aliphatic carbocycles. The molecule has 0 atom stereocenters. The first-order chi connectivity index (χ1) is 17.0. The average Bonchev–Trinajstić information content (AvgIpc) is 3.32. The van der Waals surface area contributed by atoms with Crippen molar-refractivity contribution in [3.05, 3.63) is 66.6 Å². The zero-order chi connectivity index (χ0) is 24.2. The molecule has 1 aliphatic heterocycles. The molecule has 11 heteroatoms. The third-order valence-electron chi connectivity index (χ3n) is 5.30. The van der Waals surface area contributed by atoms with E-state index in [-0.39, 0.29) is 11.8 Å². The fourth-order valence-corrected chi connectivity index (χ4v) is 4.76. The minimum absolute atomic E-state index is 0.169. The predicted molar refractivity (Wildman–Crippen MR) is 135 cm³/mol. The third kappa shape index (κ3) is 5.36. The second-order valence-electron chi connectivity index (χ2n) is 7.74. The van der Waals surface area contributed by atoms with Gasteiger partial charge >= 0.3 is 6.03 Å². The Morgan fingerprint density at radius 1 is 1.03 bits per heavy atom. The number of anilines is 4. The van der Waals surface area contributed by atoms with E-state index in [9.17, 15) is 9.18 Å². The Morgan fingerprint density at radius 3 is 2.57 bits per heavy atom. The third-order valence-corrected chi connectivity index (χ3v) is 6.46. The van der Waals surface area contributed by atoms with Crippen LogP contribution in [0, 0.1) is 5.82 Å². The Balaban J connectivity index is 1.44. The highest BCUT2D eigenvalue weighted by atomic mass is 32.1. The molecule has 5 rings (SSSR count). The van der Waals surface area contributed by atoms with E-state index in [0.29, 0.717) is 36.0 Å². The Labute approximate surface area is 204 Å². The lowest BCUT2D eigenvalue weighted by Crippen LogP contribution is -2.36. The van der Waals surface area contributed by atoms with E-state index in [2.05, 4.69) is 25.5 Å². The van der Waals surface area contributed by atoms with Crippen LogP contribution >= 0.6 is 11.3 Å². The Kier molecular flexibility index (Phi) is 6.51. The minimum Gasteiger partial charge on any atom is -0.378 e. The molecule has 0 unspecified atom stereocenters. The van der Waals surface area contributed by atoms with Gasteiger partial charge in [-0.05, 0) is 48.0 Å². The van der Waals surface area contributed by atoms with Crippen LogP contribution in [-0.4, -0.2) is 47.3 Å². The first-order valence-electron chi connectivity index (χ1n) is 10.9. The molecular formula is C24H22FN7O2S. The lowest BCUT2D eigenvalue weighted by Gasteiger charge is -2.26. The van der Waals surface area contributed by atoms with Gasteiger partial charge in [0.1, 0.15) is 11.5 Å². The number of halogens is 1. The highest BCUT2D eigenvalue weighted by Crippen LogP contribution is 2.40. The number of amides is 2. The average molecular weight is 492 g/mol. The summed E-state index contributed by atoms with van der Waals surface area (Å²) < 4.78 is 18.6. The number of hydrogen-bond donors (Lipinski definition) is 3. The highest BCUT2D eigenvalue weighted by Gasteiger charge is 2.21. The Hall–Kier alpha value is -4.09. The van der Waals surface area contributed by atoms with Crippen molar-refractivity contribution in [3.63, 3.8) is 0 Å². The second kappa shape index (κ2) is 10.0. The summed E-state index contributed by atoms with van der Waals surface area (Å²) in [5, 5.41) is 6.38. The van der Waals surface area contributed by atoms with Crippen molar-refractivity contribution < 1.29 is 13.9 Å². The van der Waals surface area contributed by atoms with Crippen molar-refractivity contribution in [1.29, 1.82) is 0 Å². The smallest absolute Gasteiger partial charge is 0.323 e. The molecule has 1 saturated heterocycles. The summed E-state index contributed by atoms with van der Waals surface area (Å²) >= 11 is 1.55. The molecule has 3 heterocycles. The summed E-state index contributed by atoms with van der Waals surface area (Å²) in [4.78, 5) is 28.8. The monoisotopic (exact) mass is 491 g/mol. The van der Waals surface area contributed by atoms with Crippen molar-refractivity contribution in [1.82, 2.24) is 15.0 Å². The summed E-state index contributed by atoms with van der Waals surface area (Å²) in [5.74, 6) is -0.201. The number of aromatic nitrogens is 3. The number of hydrogen-bond acceptors (Lipinski definition) is 8. The van der Waals surface area contributed by atoms with E-state index in [1.165, 1.54) is 24.3 Å². The molecule has 1 fully saturated rings. The Bertz CT molecular complexity index is 1340. The number of benzene rings is 2. The van der Waals surface area contributed by atoms with Crippen LogP contribution in [0.4, 0.5) is 31.6 Å². The van der Waals surface area contributed by atoms with Gasteiger partial charge in [0.25, 0.3) is 0 Å². The van der Waals surface area contributed by atoms with E-state index in [1.807, 2.05) is 18.2 Å². The minimum atomic E-state index is -0.434. The van der Waals surface area contributed by atoms with Crippen molar-refractivity contribution in [3.8, 4) is 21.8 Å². The van der Waals surface area contributed by atoms with Crippen LogP contribution < -0.4 is 21.3 Å². The van der Waals surface area contributed by atoms with Crippen molar-refractivity contribution in [2.75, 3.05) is 47.6 Å². The summed E-state index contributed by atoms with van der Waals surface area (Å²) in [6.07, 6.45) is 1.60. The van der Waals surface area contributed by atoms with E-state index < -0.39 is 6.03 Å². The van der Waals surface area contributed by atoms with E-state index in [1.54, 1.807) is 29.7 Å². The fourth-order valence-electron chi connectivity index (χ4n) is 3.64. The predicted octanol–water partition coefficient (Wildman–Crippen LogP) is 4.47. The molecule has 9 nitrogen and oxygen atoms in total. The van der Waals surface area contributed by atoms with Gasteiger partial charge in [0.15, 0.2) is 5.13 Å². The molecule has 178 valence electrons. The summed E-state index contributed by atoms with van der Waals surface area (Å²) in [7, 11) is 0. The molecule has 35 heavy (non-hydrogen) atoms. The van der Waals surface area contributed by atoms with Crippen LogP contribution in [0.25, 0.3) is 21.8 Å². The molecule has 4 aromatic rings. The van der Waals surface area contributed by atoms with Crippen LogP contribution in [0.15, 0.2) is 60.8 Å². The quantitative estimate of drug-likeness (QED) is 0.377. The maximum Gasteiger partial charge on any atom is 0.323 e. The summed E-state index contributed by atoms with van der Waals surface area (Å²) in [6, 6.07) is 14.4. The van der Waals surface area contributed by atoms with Gasteiger partial charge in [-0.3, -0.25) is 0 Å². The number of urea groups is 1. The van der Waals surface area contributed by atoms with Crippen molar-refractivity contribution >= 4 is 39.8 Å². The number of rotatable bonds is 5. The topological polar surface area (TPSA) is 118 Å². The largest absolute Gasteiger partial charge is 0.378 e. The van der Waals surface area contributed by atoms with Gasteiger partial charge < -0.3 is 26.0 Å². The summed E-state index contributed by atoms with van der Waals surface area (Å²) in [5.41, 5.74) is 9.10. The highest BCUT2D eigenvalue weighted by molar-refractivity contribution is 7.19. The van der Waals surface area contributed by atoms with Crippen LogP contribution in [0.2, 0.25) is 0 Å². The molecule has 0 saturated carbocycles. The normalized spacial score (nSPS) is 13.5. The molecule has 0 spiro atoms. The van der Waals surface area contributed by atoms with Crippen LogP contribution in [0.5, 0.6) is 0 Å². The first-order valence-corrected chi connectivity index (χ1v) is 11.7. The van der Waals surface area contributed by atoms with E-state index in [4.69, 9.17) is 15.5 Å². The standard InChI is InChI=1S/C24H22FN7O2S/c25-16-4-6-17(7-5-16)28-23(33)29-18-3-1-2-15(14-18)21-20(19-8-9-27-22(26)30-19)31-24(35-21)32-10-12-34-13-11-32/h1-9,14H,10-13H2,(H2,26,27,30)(H2,28,29,33).